The van der Waals surface area contributed by atoms with Crippen LogP contribution < -0.4 is 5.73 Å². The van der Waals surface area contributed by atoms with Gasteiger partial charge in [-0.25, -0.2) is 0 Å². The smallest absolute Gasteiger partial charge is 0.0746 e. The van der Waals surface area contributed by atoms with Crippen molar-refractivity contribution in [2.24, 2.45) is 5.73 Å². The van der Waals surface area contributed by atoms with Gasteiger partial charge in [-0.2, -0.15) is 0 Å². The van der Waals surface area contributed by atoms with Gasteiger partial charge in [0.2, 0.25) is 0 Å². The Morgan fingerprint density at radius 1 is 1.50 bits per heavy atom. The number of β-amino-alcohol motifs (C(OH)–C–C–N with tert-alkyl or cyclic N) is 1. The number of nitrogens with two attached hydrogens (primary N) is 1. The Morgan fingerprint density at radius 3 is 2.83 bits per heavy atom. The van der Waals surface area contributed by atoms with Gasteiger partial charge in [0.1, 0.15) is 0 Å². The molecule has 2 rings (SSSR count). The van der Waals surface area contributed by atoms with E-state index in [0.29, 0.717) is 13.1 Å². The van der Waals surface area contributed by atoms with Gasteiger partial charge in [-0.3, -0.25) is 4.90 Å². The molecule has 0 spiro atoms. The predicted molar refractivity (Wildman–Crippen MR) is 77.4 cm³/mol. The number of hydrogen-bond acceptors (Lipinski definition) is 3. The van der Waals surface area contributed by atoms with Crippen molar-refractivity contribution >= 4 is 15.9 Å². The fourth-order valence-corrected chi connectivity index (χ4v) is 3.29. The van der Waals surface area contributed by atoms with Gasteiger partial charge in [-0.15, -0.1) is 0 Å². The first kappa shape index (κ1) is 14.0. The zero-order valence-electron chi connectivity index (χ0n) is 10.8. The lowest BCUT2D eigenvalue weighted by atomic mass is 9.92. The van der Waals surface area contributed by atoms with Crippen LogP contribution in [-0.2, 0) is 0 Å². The van der Waals surface area contributed by atoms with Gasteiger partial charge < -0.3 is 10.8 Å². The molecule has 1 aromatic carbocycles. The first-order valence-corrected chi connectivity index (χ1v) is 7.24. The van der Waals surface area contributed by atoms with Gasteiger partial charge in [-0.05, 0) is 37.9 Å². The van der Waals surface area contributed by atoms with E-state index >= 15 is 0 Å². The molecule has 18 heavy (non-hydrogen) atoms. The van der Waals surface area contributed by atoms with E-state index in [4.69, 9.17) is 5.73 Å². The second kappa shape index (κ2) is 5.70. The summed E-state index contributed by atoms with van der Waals surface area (Å²) in [5.41, 5.74) is 6.56. The van der Waals surface area contributed by atoms with E-state index in [2.05, 4.69) is 26.9 Å². The van der Waals surface area contributed by atoms with Crippen LogP contribution in [0.2, 0.25) is 0 Å². The quantitative estimate of drug-likeness (QED) is 0.900. The first-order chi connectivity index (χ1) is 8.53. The lowest BCUT2D eigenvalue weighted by molar-refractivity contribution is -0.0293. The van der Waals surface area contributed by atoms with Crippen LogP contribution >= 0.6 is 15.9 Å². The topological polar surface area (TPSA) is 49.5 Å². The fourth-order valence-electron chi connectivity index (χ4n) is 2.74. The van der Waals surface area contributed by atoms with Crippen molar-refractivity contribution in [2.45, 2.75) is 31.4 Å². The average Bonchev–Trinajstić information content (AvgIpc) is 2.31. The highest BCUT2D eigenvalue weighted by atomic mass is 79.9. The molecule has 0 aromatic heterocycles. The lowest BCUT2D eigenvalue weighted by Crippen LogP contribution is -2.48. The Kier molecular flexibility index (Phi) is 4.43. The van der Waals surface area contributed by atoms with Gasteiger partial charge in [0, 0.05) is 23.6 Å². The summed E-state index contributed by atoms with van der Waals surface area (Å²) in [5.74, 6) is 0. The Bertz CT molecular complexity index is 409. The number of rotatable bonds is 3. The summed E-state index contributed by atoms with van der Waals surface area (Å²) in [6.45, 7) is 4.17. The van der Waals surface area contributed by atoms with Crippen molar-refractivity contribution in [3.63, 3.8) is 0 Å². The van der Waals surface area contributed by atoms with Crippen LogP contribution in [0.3, 0.4) is 0 Å². The number of benzene rings is 1. The van der Waals surface area contributed by atoms with Crippen molar-refractivity contribution in [3.8, 4) is 0 Å². The van der Waals surface area contributed by atoms with Gasteiger partial charge in [0.05, 0.1) is 5.60 Å². The van der Waals surface area contributed by atoms with Crippen LogP contribution in [0.4, 0.5) is 0 Å². The number of aliphatic hydroxyl groups is 1. The summed E-state index contributed by atoms with van der Waals surface area (Å²) in [7, 11) is 0. The standard InChI is InChI=1S/C14H21BrN2O/c1-14(18)7-4-8-17(10-14)13(9-16)11-5-2-3-6-12(11)15/h2-3,5-6,13,18H,4,7-10,16H2,1H3. The Labute approximate surface area is 117 Å². The maximum absolute atomic E-state index is 10.2. The van der Waals surface area contributed by atoms with E-state index in [1.165, 1.54) is 5.56 Å². The van der Waals surface area contributed by atoms with Crippen LogP contribution in [0.15, 0.2) is 28.7 Å². The highest BCUT2D eigenvalue weighted by Crippen LogP contribution is 2.31. The highest BCUT2D eigenvalue weighted by Gasteiger charge is 2.32. The minimum Gasteiger partial charge on any atom is -0.389 e. The summed E-state index contributed by atoms with van der Waals surface area (Å²) >= 11 is 3.59. The van der Waals surface area contributed by atoms with Crippen LogP contribution in [0.25, 0.3) is 0 Å². The molecule has 3 N–H and O–H groups in total. The highest BCUT2D eigenvalue weighted by molar-refractivity contribution is 9.10. The van der Waals surface area contributed by atoms with Crippen LogP contribution in [0, 0.1) is 0 Å². The molecular weight excluding hydrogens is 292 g/mol. The molecular formula is C14H21BrN2O. The number of likely N-dealkylation sites (tertiary alicyclic amines) is 1. The third-order valence-corrected chi connectivity index (χ3v) is 4.35. The minimum absolute atomic E-state index is 0.173. The third-order valence-electron chi connectivity index (χ3n) is 3.63. The number of halogens is 1. The van der Waals surface area contributed by atoms with Crippen LogP contribution in [0.5, 0.6) is 0 Å². The number of piperidine rings is 1. The molecule has 100 valence electrons. The first-order valence-electron chi connectivity index (χ1n) is 6.44. The van der Waals surface area contributed by atoms with Crippen LogP contribution in [0.1, 0.15) is 31.4 Å². The molecule has 0 amide bonds. The summed E-state index contributed by atoms with van der Waals surface area (Å²) in [6.07, 6.45) is 1.89. The van der Waals surface area contributed by atoms with E-state index in [1.807, 2.05) is 25.1 Å². The number of nitrogens with zero attached hydrogens (tertiary/aromatic N) is 1. The maximum atomic E-state index is 10.2. The van der Waals surface area contributed by atoms with E-state index in [1.54, 1.807) is 0 Å². The molecule has 0 aliphatic carbocycles. The summed E-state index contributed by atoms with van der Waals surface area (Å²) in [6, 6.07) is 8.36. The van der Waals surface area contributed by atoms with Crippen molar-refractivity contribution < 1.29 is 5.11 Å². The van der Waals surface area contributed by atoms with Crippen molar-refractivity contribution in [1.82, 2.24) is 4.90 Å². The van der Waals surface area contributed by atoms with Crippen molar-refractivity contribution in [1.29, 1.82) is 0 Å². The molecule has 3 nitrogen and oxygen atoms in total. The van der Waals surface area contributed by atoms with Gasteiger partial charge in [0.25, 0.3) is 0 Å². The van der Waals surface area contributed by atoms with E-state index in [-0.39, 0.29) is 6.04 Å². The molecule has 2 atom stereocenters. The van der Waals surface area contributed by atoms with Gasteiger partial charge in [-0.1, -0.05) is 34.1 Å². The monoisotopic (exact) mass is 312 g/mol. The van der Waals surface area contributed by atoms with Crippen molar-refractivity contribution in [3.05, 3.63) is 34.3 Å². The summed E-state index contributed by atoms with van der Waals surface area (Å²) in [4.78, 5) is 2.30. The Hall–Kier alpha value is -0.420. The molecule has 1 aromatic rings. The second-order valence-electron chi connectivity index (χ2n) is 5.34. The second-order valence-corrected chi connectivity index (χ2v) is 6.20. The van der Waals surface area contributed by atoms with Crippen molar-refractivity contribution in [2.75, 3.05) is 19.6 Å². The molecule has 1 saturated heterocycles. The van der Waals surface area contributed by atoms with E-state index in [9.17, 15) is 5.11 Å². The SMILES string of the molecule is CC1(O)CCCN(C(CN)c2ccccc2Br)C1. The maximum Gasteiger partial charge on any atom is 0.0746 e. The molecule has 0 saturated carbocycles. The molecule has 1 aliphatic rings. The molecule has 2 unspecified atom stereocenters. The van der Waals surface area contributed by atoms with E-state index < -0.39 is 5.60 Å². The Balaban J connectivity index is 2.21. The Morgan fingerprint density at radius 2 is 2.22 bits per heavy atom. The lowest BCUT2D eigenvalue weighted by Gasteiger charge is -2.41. The third kappa shape index (κ3) is 3.12. The summed E-state index contributed by atoms with van der Waals surface area (Å²) in [5, 5.41) is 10.2. The fraction of sp³-hybridized carbons (Fsp3) is 0.571. The molecule has 1 fully saturated rings. The molecule has 0 bridgehead atoms. The van der Waals surface area contributed by atoms with Crippen LogP contribution in [-0.4, -0.2) is 35.2 Å². The van der Waals surface area contributed by atoms with Gasteiger partial charge >= 0.3 is 0 Å². The molecule has 1 heterocycles. The predicted octanol–water partition coefficient (Wildman–Crippen LogP) is 2.30. The minimum atomic E-state index is -0.590. The molecule has 4 heteroatoms. The molecule has 0 radical (unpaired) electrons. The van der Waals surface area contributed by atoms with Gasteiger partial charge in [0.15, 0.2) is 0 Å². The van der Waals surface area contributed by atoms with E-state index in [0.717, 1.165) is 23.9 Å². The zero-order valence-corrected chi connectivity index (χ0v) is 12.4. The number of hydrogen-bond donors (Lipinski definition) is 2. The molecule has 1 aliphatic heterocycles. The average molecular weight is 313 g/mol. The largest absolute Gasteiger partial charge is 0.389 e. The normalized spacial score (nSPS) is 27.1. The summed E-state index contributed by atoms with van der Waals surface area (Å²) < 4.78 is 1.09. The zero-order chi connectivity index (χ0) is 13.2.